The van der Waals surface area contributed by atoms with Crippen molar-refractivity contribution in [1.82, 2.24) is 5.32 Å². The lowest BCUT2D eigenvalue weighted by molar-refractivity contribution is 0.0938. The van der Waals surface area contributed by atoms with Crippen molar-refractivity contribution >= 4 is 11.6 Å². The molecule has 0 atom stereocenters. The molecule has 2 rings (SSSR count). The first-order valence-electron chi connectivity index (χ1n) is 6.81. The maximum absolute atomic E-state index is 12.2. The quantitative estimate of drug-likeness (QED) is 0.746. The van der Waals surface area contributed by atoms with Crippen molar-refractivity contribution in [3.63, 3.8) is 0 Å². The van der Waals surface area contributed by atoms with Gasteiger partial charge in [-0.3, -0.25) is 4.79 Å². The number of hydrogen-bond acceptors (Lipinski definition) is 4. The van der Waals surface area contributed by atoms with Gasteiger partial charge in [0.25, 0.3) is 5.91 Å². The summed E-state index contributed by atoms with van der Waals surface area (Å²) in [5, 5.41) is 2.97. The Kier molecular flexibility index (Phi) is 4.49. The summed E-state index contributed by atoms with van der Waals surface area (Å²) in [5.41, 5.74) is 6.99. The van der Waals surface area contributed by atoms with Crippen LogP contribution in [-0.4, -0.2) is 33.3 Å². The number of anilines is 1. The minimum atomic E-state index is -0.148. The number of methoxy groups -OCH3 is 2. The van der Waals surface area contributed by atoms with Gasteiger partial charge in [-0.2, -0.15) is 0 Å². The molecule has 3 N–H and O–H groups in total. The fourth-order valence-corrected chi connectivity index (χ4v) is 2.23. The second-order valence-corrected chi connectivity index (χ2v) is 5.38. The van der Waals surface area contributed by atoms with Crippen LogP contribution >= 0.6 is 0 Å². The first-order chi connectivity index (χ1) is 9.60. The summed E-state index contributed by atoms with van der Waals surface area (Å²) in [6.07, 6.45) is 3.27. The number of nitrogens with one attached hydrogen (secondary N) is 1. The number of carbonyl (C=O) groups is 1. The number of rotatable bonds is 7. The highest BCUT2D eigenvalue weighted by atomic mass is 16.5. The summed E-state index contributed by atoms with van der Waals surface area (Å²) in [7, 11) is 3.27. The molecule has 1 aliphatic rings. The van der Waals surface area contributed by atoms with E-state index < -0.39 is 0 Å². The molecule has 0 saturated heterocycles. The molecule has 0 aliphatic heterocycles. The van der Waals surface area contributed by atoms with Crippen LogP contribution in [0.1, 0.15) is 29.6 Å². The average Bonchev–Trinajstić information content (AvgIpc) is 3.24. The first kappa shape index (κ1) is 14.7. The zero-order chi connectivity index (χ0) is 14.6. The number of carbonyl (C=O) groups excluding carboxylic acids is 1. The van der Waals surface area contributed by atoms with Gasteiger partial charge in [0.15, 0.2) is 0 Å². The van der Waals surface area contributed by atoms with Crippen molar-refractivity contribution in [3.8, 4) is 5.75 Å². The lowest BCUT2D eigenvalue weighted by Gasteiger charge is -2.16. The van der Waals surface area contributed by atoms with Crippen LogP contribution in [-0.2, 0) is 4.74 Å². The van der Waals surface area contributed by atoms with Gasteiger partial charge in [0.2, 0.25) is 0 Å². The van der Waals surface area contributed by atoms with E-state index in [9.17, 15) is 4.79 Å². The molecule has 5 nitrogen and oxygen atoms in total. The van der Waals surface area contributed by atoms with Gasteiger partial charge < -0.3 is 20.5 Å². The third-order valence-electron chi connectivity index (χ3n) is 3.92. The van der Waals surface area contributed by atoms with Gasteiger partial charge in [0.05, 0.1) is 12.7 Å². The van der Waals surface area contributed by atoms with E-state index in [1.807, 2.05) is 0 Å². The zero-order valence-corrected chi connectivity index (χ0v) is 12.1. The fraction of sp³-hybridized carbons (Fsp3) is 0.533. The summed E-state index contributed by atoms with van der Waals surface area (Å²) in [4.78, 5) is 12.2. The minimum absolute atomic E-state index is 0.148. The molecule has 1 aromatic rings. The van der Waals surface area contributed by atoms with Gasteiger partial charge in [0.1, 0.15) is 5.75 Å². The van der Waals surface area contributed by atoms with Gasteiger partial charge in [-0.1, -0.05) is 0 Å². The van der Waals surface area contributed by atoms with Crippen molar-refractivity contribution in [3.05, 3.63) is 23.8 Å². The molecule has 1 fully saturated rings. The Morgan fingerprint density at radius 2 is 2.15 bits per heavy atom. The van der Waals surface area contributed by atoms with Gasteiger partial charge in [0, 0.05) is 25.9 Å². The molecule has 1 aliphatic carbocycles. The van der Waals surface area contributed by atoms with Crippen molar-refractivity contribution < 1.29 is 14.3 Å². The highest BCUT2D eigenvalue weighted by Gasteiger charge is 2.42. The molecule has 0 radical (unpaired) electrons. The van der Waals surface area contributed by atoms with Crippen LogP contribution < -0.4 is 15.8 Å². The van der Waals surface area contributed by atoms with E-state index in [1.54, 1.807) is 32.4 Å². The standard InChI is InChI=1S/C15H22N2O3/c1-19-8-7-15(5-6-15)10-17-14(18)12-9-11(20-2)3-4-13(12)16/h3-4,9H,5-8,10,16H2,1-2H3,(H,17,18). The topological polar surface area (TPSA) is 73.6 Å². The van der Waals surface area contributed by atoms with Crippen LogP contribution in [0.2, 0.25) is 0 Å². The predicted molar refractivity (Wildman–Crippen MR) is 77.9 cm³/mol. The monoisotopic (exact) mass is 278 g/mol. The van der Waals surface area contributed by atoms with E-state index in [1.165, 1.54) is 0 Å². The Bertz CT molecular complexity index is 484. The van der Waals surface area contributed by atoms with E-state index in [4.69, 9.17) is 15.2 Å². The molecular weight excluding hydrogens is 256 g/mol. The summed E-state index contributed by atoms with van der Waals surface area (Å²) >= 11 is 0. The molecular formula is C15H22N2O3. The Morgan fingerprint density at radius 3 is 2.75 bits per heavy atom. The van der Waals surface area contributed by atoms with Gasteiger partial charge in [-0.25, -0.2) is 0 Å². The zero-order valence-electron chi connectivity index (χ0n) is 12.1. The van der Waals surface area contributed by atoms with Crippen molar-refractivity contribution in [2.75, 3.05) is 33.1 Å². The second kappa shape index (κ2) is 6.13. The normalized spacial score (nSPS) is 15.7. The first-order valence-corrected chi connectivity index (χ1v) is 6.81. The highest BCUT2D eigenvalue weighted by molar-refractivity contribution is 5.99. The summed E-state index contributed by atoms with van der Waals surface area (Å²) in [6, 6.07) is 5.10. The number of ether oxygens (including phenoxy) is 2. The highest BCUT2D eigenvalue weighted by Crippen LogP contribution is 2.48. The van der Waals surface area contributed by atoms with E-state index in [-0.39, 0.29) is 11.3 Å². The Labute approximate surface area is 119 Å². The van der Waals surface area contributed by atoms with Crippen molar-refractivity contribution in [2.24, 2.45) is 5.41 Å². The maximum Gasteiger partial charge on any atom is 0.253 e. The molecule has 0 heterocycles. The Morgan fingerprint density at radius 1 is 1.40 bits per heavy atom. The molecule has 5 heteroatoms. The second-order valence-electron chi connectivity index (χ2n) is 5.38. The van der Waals surface area contributed by atoms with Gasteiger partial charge in [-0.05, 0) is 42.9 Å². The van der Waals surface area contributed by atoms with Crippen LogP contribution in [0, 0.1) is 5.41 Å². The number of amides is 1. The predicted octanol–water partition coefficient (Wildman–Crippen LogP) is 1.82. The third-order valence-corrected chi connectivity index (χ3v) is 3.92. The molecule has 1 saturated carbocycles. The van der Waals surface area contributed by atoms with Crippen molar-refractivity contribution in [2.45, 2.75) is 19.3 Å². The molecule has 1 amide bonds. The average molecular weight is 278 g/mol. The summed E-state index contributed by atoms with van der Waals surface area (Å²) in [5.74, 6) is 0.481. The van der Waals surface area contributed by atoms with Crippen LogP contribution in [0.4, 0.5) is 5.69 Å². The molecule has 0 unspecified atom stereocenters. The van der Waals surface area contributed by atoms with E-state index >= 15 is 0 Å². The third kappa shape index (κ3) is 3.42. The number of benzene rings is 1. The number of nitrogens with two attached hydrogens (primary N) is 1. The molecule has 1 aromatic carbocycles. The molecule has 0 aromatic heterocycles. The Balaban J connectivity index is 1.95. The minimum Gasteiger partial charge on any atom is -0.497 e. The number of hydrogen-bond donors (Lipinski definition) is 2. The lowest BCUT2D eigenvalue weighted by Crippen LogP contribution is -2.31. The smallest absolute Gasteiger partial charge is 0.253 e. The van der Waals surface area contributed by atoms with Gasteiger partial charge in [-0.15, -0.1) is 0 Å². The summed E-state index contributed by atoms with van der Waals surface area (Å²) in [6.45, 7) is 1.41. The van der Waals surface area contributed by atoms with Gasteiger partial charge >= 0.3 is 0 Å². The Hall–Kier alpha value is -1.75. The number of nitrogen functional groups attached to an aromatic ring is 1. The van der Waals surface area contributed by atoms with Crippen molar-refractivity contribution in [1.29, 1.82) is 0 Å². The van der Waals surface area contributed by atoms with E-state index in [0.29, 0.717) is 23.5 Å². The van der Waals surface area contributed by atoms with Crippen LogP contribution in [0.5, 0.6) is 5.75 Å². The SMILES string of the molecule is COCCC1(CNC(=O)c2cc(OC)ccc2N)CC1. The molecule has 20 heavy (non-hydrogen) atoms. The van der Waals surface area contributed by atoms with Crippen LogP contribution in [0.25, 0.3) is 0 Å². The van der Waals surface area contributed by atoms with Crippen LogP contribution in [0.3, 0.4) is 0 Å². The maximum atomic E-state index is 12.2. The molecule has 0 spiro atoms. The molecule has 0 bridgehead atoms. The molecule has 110 valence electrons. The fourth-order valence-electron chi connectivity index (χ4n) is 2.23. The lowest BCUT2D eigenvalue weighted by atomic mass is 10.0. The van der Waals surface area contributed by atoms with Crippen LogP contribution in [0.15, 0.2) is 18.2 Å². The van der Waals surface area contributed by atoms with E-state index in [2.05, 4.69) is 5.32 Å². The summed E-state index contributed by atoms with van der Waals surface area (Å²) < 4.78 is 10.2. The largest absolute Gasteiger partial charge is 0.497 e. The van der Waals surface area contributed by atoms with E-state index in [0.717, 1.165) is 25.9 Å².